The Bertz CT molecular complexity index is 503. The fourth-order valence-electron chi connectivity index (χ4n) is 1.97. The van der Waals surface area contributed by atoms with Gasteiger partial charge in [-0.25, -0.2) is 0 Å². The van der Waals surface area contributed by atoms with Gasteiger partial charge in [0.25, 0.3) is 5.69 Å². The van der Waals surface area contributed by atoms with Gasteiger partial charge in [-0.1, -0.05) is 0 Å². The lowest BCUT2D eigenvalue weighted by molar-refractivity contribution is -0.384. The van der Waals surface area contributed by atoms with Gasteiger partial charge in [-0.2, -0.15) is 0 Å². The van der Waals surface area contributed by atoms with E-state index in [0.29, 0.717) is 5.75 Å². The molecule has 1 aromatic rings. The van der Waals surface area contributed by atoms with Crippen LogP contribution in [0, 0.1) is 10.1 Å². The molecule has 0 bridgehead atoms. The lowest BCUT2D eigenvalue weighted by Gasteiger charge is -2.16. The zero-order valence-electron chi connectivity index (χ0n) is 9.83. The summed E-state index contributed by atoms with van der Waals surface area (Å²) in [5.74, 6) is 0.253. The molecule has 1 amide bonds. The van der Waals surface area contributed by atoms with Gasteiger partial charge in [-0.05, 0) is 6.07 Å². The number of amides is 1. The van der Waals surface area contributed by atoms with Gasteiger partial charge >= 0.3 is 0 Å². The molecule has 0 radical (unpaired) electrons. The molecule has 2 rings (SSSR count). The molecular formula is C11H13N3O4. The number of methoxy groups -OCH3 is 1. The van der Waals surface area contributed by atoms with E-state index in [9.17, 15) is 14.9 Å². The Kier molecular flexibility index (Phi) is 3.15. The summed E-state index contributed by atoms with van der Waals surface area (Å²) in [5.41, 5.74) is 5.79. The van der Waals surface area contributed by atoms with Crippen LogP contribution in [0.2, 0.25) is 0 Å². The van der Waals surface area contributed by atoms with Gasteiger partial charge in [0.05, 0.1) is 12.0 Å². The summed E-state index contributed by atoms with van der Waals surface area (Å²) in [6.45, 7) is 0.285. The summed E-state index contributed by atoms with van der Waals surface area (Å²) in [7, 11) is 1.46. The Morgan fingerprint density at radius 3 is 2.78 bits per heavy atom. The van der Waals surface area contributed by atoms with Gasteiger partial charge < -0.3 is 15.4 Å². The number of nitrogens with two attached hydrogens (primary N) is 1. The minimum absolute atomic E-state index is 0.127. The highest BCUT2D eigenvalue weighted by molar-refractivity contribution is 5.98. The first kappa shape index (κ1) is 12.3. The second-order valence-electron chi connectivity index (χ2n) is 4.08. The molecule has 7 nitrogen and oxygen atoms in total. The van der Waals surface area contributed by atoms with E-state index >= 15 is 0 Å². The van der Waals surface area contributed by atoms with Crippen LogP contribution < -0.4 is 15.4 Å². The molecule has 1 aliphatic rings. The molecule has 1 fully saturated rings. The summed E-state index contributed by atoms with van der Waals surface area (Å²) in [6, 6.07) is 4.00. The molecule has 0 aromatic heterocycles. The van der Waals surface area contributed by atoms with Crippen molar-refractivity contribution in [2.24, 2.45) is 5.73 Å². The van der Waals surface area contributed by atoms with Gasteiger partial charge in [-0.3, -0.25) is 14.9 Å². The van der Waals surface area contributed by atoms with Gasteiger partial charge in [0.1, 0.15) is 11.4 Å². The molecule has 1 heterocycles. The fourth-order valence-corrected chi connectivity index (χ4v) is 1.97. The first-order chi connectivity index (χ1) is 8.52. The second-order valence-corrected chi connectivity index (χ2v) is 4.08. The number of anilines is 1. The van der Waals surface area contributed by atoms with E-state index in [4.69, 9.17) is 10.5 Å². The van der Waals surface area contributed by atoms with E-state index in [1.165, 1.54) is 30.2 Å². The number of carbonyl (C=O) groups is 1. The third-order valence-corrected chi connectivity index (χ3v) is 2.83. The standard InChI is InChI=1S/C11H13N3O4/c1-18-8-2-3-9(14(16)17)10(5-8)13-6-7(12)4-11(13)15/h2-3,5,7H,4,6,12H2,1H3. The van der Waals surface area contributed by atoms with Crippen molar-refractivity contribution >= 4 is 17.3 Å². The van der Waals surface area contributed by atoms with Crippen LogP contribution in [0.5, 0.6) is 5.75 Å². The number of nitro groups is 1. The molecule has 1 aliphatic heterocycles. The molecular weight excluding hydrogens is 238 g/mol. The van der Waals surface area contributed by atoms with E-state index in [1.807, 2.05) is 0 Å². The first-order valence-electron chi connectivity index (χ1n) is 5.41. The zero-order valence-corrected chi connectivity index (χ0v) is 9.83. The summed E-state index contributed by atoms with van der Waals surface area (Å²) >= 11 is 0. The zero-order chi connectivity index (χ0) is 13.3. The molecule has 7 heteroatoms. The maximum absolute atomic E-state index is 11.7. The van der Waals surface area contributed by atoms with Crippen molar-refractivity contribution in [2.75, 3.05) is 18.6 Å². The summed E-state index contributed by atoms with van der Waals surface area (Å²) in [5, 5.41) is 11.0. The van der Waals surface area contributed by atoms with E-state index in [-0.39, 0.29) is 36.3 Å². The molecule has 1 atom stereocenters. The smallest absolute Gasteiger partial charge is 0.293 e. The Labute approximate surface area is 103 Å². The number of benzene rings is 1. The van der Waals surface area contributed by atoms with Crippen LogP contribution >= 0.6 is 0 Å². The molecule has 2 N–H and O–H groups in total. The van der Waals surface area contributed by atoms with Crippen LogP contribution in [0.3, 0.4) is 0 Å². The molecule has 96 valence electrons. The lowest BCUT2D eigenvalue weighted by atomic mass is 10.2. The highest BCUT2D eigenvalue weighted by Crippen LogP contribution is 2.34. The number of ether oxygens (including phenoxy) is 1. The third-order valence-electron chi connectivity index (χ3n) is 2.83. The molecule has 0 saturated carbocycles. The van der Waals surface area contributed by atoms with Crippen molar-refractivity contribution in [3.8, 4) is 5.75 Å². The quantitative estimate of drug-likeness (QED) is 0.628. The molecule has 0 spiro atoms. The van der Waals surface area contributed by atoms with Gasteiger partial charge in [0.2, 0.25) is 5.91 Å². The third kappa shape index (κ3) is 2.12. The highest BCUT2D eigenvalue weighted by atomic mass is 16.6. The maximum atomic E-state index is 11.7. The predicted molar refractivity (Wildman–Crippen MR) is 64.6 cm³/mol. The van der Waals surface area contributed by atoms with Gasteiger partial charge in [-0.15, -0.1) is 0 Å². The normalized spacial score (nSPS) is 19.1. The van der Waals surface area contributed by atoms with Crippen LogP contribution in [0.1, 0.15) is 6.42 Å². The molecule has 0 aliphatic carbocycles. The first-order valence-corrected chi connectivity index (χ1v) is 5.41. The summed E-state index contributed by atoms with van der Waals surface area (Å²) in [4.78, 5) is 23.5. The molecule has 1 aromatic carbocycles. The number of rotatable bonds is 3. The van der Waals surface area contributed by atoms with Crippen LogP contribution in [-0.2, 0) is 4.79 Å². The predicted octanol–water partition coefficient (Wildman–Crippen LogP) is 0.667. The second kappa shape index (κ2) is 4.61. The summed E-state index contributed by atoms with van der Waals surface area (Å²) < 4.78 is 5.02. The number of hydrogen-bond acceptors (Lipinski definition) is 5. The number of nitrogens with zero attached hydrogens (tertiary/aromatic N) is 2. The Hall–Kier alpha value is -2.15. The Morgan fingerprint density at radius 2 is 2.28 bits per heavy atom. The maximum Gasteiger partial charge on any atom is 0.293 e. The fraction of sp³-hybridized carbons (Fsp3) is 0.364. The van der Waals surface area contributed by atoms with E-state index < -0.39 is 4.92 Å². The molecule has 1 unspecified atom stereocenters. The largest absolute Gasteiger partial charge is 0.497 e. The van der Waals surface area contributed by atoms with Crippen molar-refractivity contribution in [1.82, 2.24) is 0 Å². The minimum Gasteiger partial charge on any atom is -0.497 e. The monoisotopic (exact) mass is 251 g/mol. The van der Waals surface area contributed by atoms with E-state index in [2.05, 4.69) is 0 Å². The van der Waals surface area contributed by atoms with Crippen molar-refractivity contribution in [3.05, 3.63) is 28.3 Å². The van der Waals surface area contributed by atoms with Gasteiger partial charge in [0.15, 0.2) is 0 Å². The van der Waals surface area contributed by atoms with E-state index in [0.717, 1.165) is 0 Å². The van der Waals surface area contributed by atoms with Crippen molar-refractivity contribution < 1.29 is 14.5 Å². The minimum atomic E-state index is -0.522. The van der Waals surface area contributed by atoms with Crippen LogP contribution in [-0.4, -0.2) is 30.5 Å². The van der Waals surface area contributed by atoms with Crippen LogP contribution in [0.4, 0.5) is 11.4 Å². The highest BCUT2D eigenvalue weighted by Gasteiger charge is 2.32. The van der Waals surface area contributed by atoms with Crippen molar-refractivity contribution in [3.63, 3.8) is 0 Å². The van der Waals surface area contributed by atoms with Gasteiger partial charge in [0, 0.05) is 31.1 Å². The lowest BCUT2D eigenvalue weighted by Crippen LogP contribution is -2.28. The Balaban J connectivity index is 2.47. The number of carbonyl (C=O) groups excluding carboxylic acids is 1. The average molecular weight is 251 g/mol. The number of nitro benzene ring substituents is 1. The SMILES string of the molecule is COc1ccc([N+](=O)[O-])c(N2CC(N)CC2=O)c1. The van der Waals surface area contributed by atoms with Crippen molar-refractivity contribution in [1.29, 1.82) is 0 Å². The number of hydrogen-bond donors (Lipinski definition) is 1. The topological polar surface area (TPSA) is 98.7 Å². The molecule has 1 saturated heterocycles. The van der Waals surface area contributed by atoms with Crippen LogP contribution in [0.15, 0.2) is 18.2 Å². The van der Waals surface area contributed by atoms with Crippen molar-refractivity contribution in [2.45, 2.75) is 12.5 Å². The van der Waals surface area contributed by atoms with E-state index in [1.54, 1.807) is 0 Å². The molecule has 18 heavy (non-hydrogen) atoms. The Morgan fingerprint density at radius 1 is 1.56 bits per heavy atom. The average Bonchev–Trinajstić information content (AvgIpc) is 2.67. The summed E-state index contributed by atoms with van der Waals surface area (Å²) in [6.07, 6.45) is 0.203. The van der Waals surface area contributed by atoms with Crippen LogP contribution in [0.25, 0.3) is 0 Å².